The van der Waals surface area contributed by atoms with Crippen LogP contribution in [0.2, 0.25) is 0 Å². The highest BCUT2D eigenvalue weighted by Crippen LogP contribution is 2.46. The van der Waals surface area contributed by atoms with Gasteiger partial charge in [-0.25, -0.2) is 19.2 Å². The van der Waals surface area contributed by atoms with Crippen LogP contribution in [0, 0.1) is 0 Å². The van der Waals surface area contributed by atoms with E-state index in [0.717, 1.165) is 56.6 Å². The van der Waals surface area contributed by atoms with E-state index in [0.29, 0.717) is 0 Å². The van der Waals surface area contributed by atoms with Gasteiger partial charge in [-0.15, -0.1) is 0 Å². The Morgan fingerprint density at radius 3 is 1.02 bits per heavy atom. The predicted octanol–water partition coefficient (Wildman–Crippen LogP) is 7.02. The molecule has 2 aliphatic rings. The second-order valence-electron chi connectivity index (χ2n) is 11.2. The van der Waals surface area contributed by atoms with Crippen LogP contribution in [0.25, 0.3) is 22.3 Å². The number of ether oxygens (including phenoxy) is 2. The molecule has 0 saturated heterocycles. The van der Waals surface area contributed by atoms with Gasteiger partial charge >= 0.3 is 23.9 Å². The number of esters is 2. The molecular weight excluding hydrogens is 584 g/mol. The standard InChI is InChI=1S/C38H26O8/c39-35(40)29-17-31(37(43)45-19-33-25-13-5-1-9-21(25)22-10-2-6-14-26(22)33)32(18-30(29)36(41)42)38(44)46-20-34-27-15-7-3-11-23(27)24-12-4-8-16-28(24)34/h1-18,33-34H,19-20H2,(H,39,40)(H,41,42). The number of carbonyl (C=O) groups is 4. The Kier molecular flexibility index (Phi) is 7.17. The third-order valence-electron chi connectivity index (χ3n) is 8.75. The number of hydrogen-bond acceptors (Lipinski definition) is 6. The third-order valence-corrected chi connectivity index (χ3v) is 8.75. The predicted molar refractivity (Wildman–Crippen MR) is 168 cm³/mol. The summed E-state index contributed by atoms with van der Waals surface area (Å²) in [6, 6.07) is 32.9. The monoisotopic (exact) mass is 610 g/mol. The highest BCUT2D eigenvalue weighted by molar-refractivity contribution is 6.09. The van der Waals surface area contributed by atoms with Crippen molar-refractivity contribution in [1.82, 2.24) is 0 Å². The van der Waals surface area contributed by atoms with Gasteiger partial charge in [0.25, 0.3) is 0 Å². The molecule has 0 atom stereocenters. The molecule has 0 unspecified atom stereocenters. The van der Waals surface area contributed by atoms with Crippen LogP contribution in [0.3, 0.4) is 0 Å². The molecule has 8 nitrogen and oxygen atoms in total. The molecule has 0 spiro atoms. The largest absolute Gasteiger partial charge is 0.478 e. The van der Waals surface area contributed by atoms with Gasteiger partial charge < -0.3 is 19.7 Å². The van der Waals surface area contributed by atoms with Crippen LogP contribution >= 0.6 is 0 Å². The smallest absolute Gasteiger partial charge is 0.339 e. The molecule has 0 bridgehead atoms. The molecule has 7 rings (SSSR count). The average Bonchev–Trinajstić information content (AvgIpc) is 3.57. The van der Waals surface area contributed by atoms with Gasteiger partial charge in [0.05, 0.1) is 22.3 Å². The van der Waals surface area contributed by atoms with E-state index in [-0.39, 0.29) is 36.2 Å². The molecule has 5 aromatic carbocycles. The Bertz CT molecular complexity index is 1840. The van der Waals surface area contributed by atoms with Crippen LogP contribution in [0.5, 0.6) is 0 Å². The molecule has 0 radical (unpaired) electrons. The quantitative estimate of drug-likeness (QED) is 0.180. The first-order valence-corrected chi connectivity index (χ1v) is 14.7. The molecule has 0 aromatic heterocycles. The molecule has 0 saturated carbocycles. The summed E-state index contributed by atoms with van der Waals surface area (Å²) in [6.45, 7) is -0.167. The minimum Gasteiger partial charge on any atom is -0.478 e. The zero-order valence-corrected chi connectivity index (χ0v) is 24.3. The summed E-state index contributed by atoms with van der Waals surface area (Å²) in [7, 11) is 0. The summed E-state index contributed by atoms with van der Waals surface area (Å²) in [5.41, 5.74) is 5.92. The Balaban J connectivity index is 1.19. The van der Waals surface area contributed by atoms with Gasteiger partial charge in [0.15, 0.2) is 0 Å². The number of aromatic carboxylic acids is 2. The molecule has 8 heteroatoms. The maximum Gasteiger partial charge on any atom is 0.339 e. The van der Waals surface area contributed by atoms with Crippen LogP contribution in [0.1, 0.15) is 75.5 Å². The maximum absolute atomic E-state index is 13.6. The molecule has 5 aromatic rings. The molecule has 0 aliphatic heterocycles. The number of hydrogen-bond donors (Lipinski definition) is 2. The zero-order valence-electron chi connectivity index (χ0n) is 24.3. The van der Waals surface area contributed by atoms with Crippen molar-refractivity contribution in [3.8, 4) is 22.3 Å². The molecule has 0 heterocycles. The average molecular weight is 611 g/mol. The summed E-state index contributed by atoms with van der Waals surface area (Å²) in [4.78, 5) is 51.3. The Labute approximate surface area is 263 Å². The third kappa shape index (κ3) is 4.80. The van der Waals surface area contributed by atoms with E-state index < -0.39 is 35.0 Å². The van der Waals surface area contributed by atoms with Crippen molar-refractivity contribution in [1.29, 1.82) is 0 Å². The molecule has 226 valence electrons. The van der Waals surface area contributed by atoms with E-state index in [9.17, 15) is 29.4 Å². The minimum atomic E-state index is -1.57. The maximum atomic E-state index is 13.6. The number of carboxylic acid groups (broad SMARTS) is 2. The summed E-state index contributed by atoms with van der Waals surface area (Å²) >= 11 is 0. The van der Waals surface area contributed by atoms with Gasteiger partial charge in [-0.3, -0.25) is 0 Å². The van der Waals surface area contributed by atoms with Gasteiger partial charge in [-0.05, 0) is 56.6 Å². The van der Waals surface area contributed by atoms with E-state index in [1.807, 2.05) is 97.1 Å². The fourth-order valence-corrected chi connectivity index (χ4v) is 6.64. The van der Waals surface area contributed by atoms with E-state index in [2.05, 4.69) is 0 Å². The summed E-state index contributed by atoms with van der Waals surface area (Å²) in [5.74, 6) is -5.64. The lowest BCUT2D eigenvalue weighted by Crippen LogP contribution is -2.21. The lowest BCUT2D eigenvalue weighted by molar-refractivity contribution is 0.0445. The van der Waals surface area contributed by atoms with Crippen molar-refractivity contribution >= 4 is 23.9 Å². The van der Waals surface area contributed by atoms with Crippen molar-refractivity contribution in [3.63, 3.8) is 0 Å². The SMILES string of the molecule is O=C(O)c1cc(C(=O)OCC2c3ccccc3-c3ccccc32)c(C(=O)OCC2c3ccccc3-c3ccccc32)cc1C(=O)O. The van der Waals surface area contributed by atoms with E-state index in [1.54, 1.807) is 0 Å². The second kappa shape index (κ2) is 11.5. The van der Waals surface area contributed by atoms with Crippen LogP contribution in [0.4, 0.5) is 0 Å². The van der Waals surface area contributed by atoms with Crippen LogP contribution in [-0.2, 0) is 9.47 Å². The first kappa shape index (κ1) is 28.7. The Morgan fingerprint density at radius 2 is 0.739 bits per heavy atom. The minimum absolute atomic E-state index is 0.0833. The molecule has 2 N–H and O–H groups in total. The first-order chi connectivity index (χ1) is 22.3. The van der Waals surface area contributed by atoms with Gasteiger partial charge in [0, 0.05) is 11.8 Å². The number of carbonyl (C=O) groups excluding carboxylic acids is 2. The lowest BCUT2D eigenvalue weighted by atomic mass is 9.96. The van der Waals surface area contributed by atoms with Crippen LogP contribution < -0.4 is 0 Å². The van der Waals surface area contributed by atoms with Crippen molar-refractivity contribution in [2.75, 3.05) is 13.2 Å². The van der Waals surface area contributed by atoms with Gasteiger partial charge in [-0.1, -0.05) is 97.1 Å². The summed E-state index contributed by atoms with van der Waals surface area (Å²) < 4.78 is 11.5. The number of carboxylic acids is 2. The Hall–Kier alpha value is -6.02. The van der Waals surface area contributed by atoms with Crippen molar-refractivity contribution in [3.05, 3.63) is 154 Å². The topological polar surface area (TPSA) is 127 Å². The van der Waals surface area contributed by atoms with Gasteiger partial charge in [0.2, 0.25) is 0 Å². The molecule has 46 heavy (non-hydrogen) atoms. The highest BCUT2D eigenvalue weighted by atomic mass is 16.5. The number of benzene rings is 5. The van der Waals surface area contributed by atoms with Crippen molar-refractivity contribution in [2.45, 2.75) is 11.8 Å². The van der Waals surface area contributed by atoms with E-state index in [1.165, 1.54) is 0 Å². The van der Waals surface area contributed by atoms with Crippen LogP contribution in [-0.4, -0.2) is 47.3 Å². The summed E-state index contributed by atoms with van der Waals surface area (Å²) in [6.07, 6.45) is 0. The van der Waals surface area contributed by atoms with E-state index in [4.69, 9.17) is 9.47 Å². The first-order valence-electron chi connectivity index (χ1n) is 14.7. The fourth-order valence-electron chi connectivity index (χ4n) is 6.64. The Morgan fingerprint density at radius 1 is 0.457 bits per heavy atom. The van der Waals surface area contributed by atoms with Gasteiger partial charge in [0.1, 0.15) is 13.2 Å². The van der Waals surface area contributed by atoms with E-state index >= 15 is 0 Å². The number of rotatable bonds is 8. The van der Waals surface area contributed by atoms with Crippen molar-refractivity contribution < 1.29 is 38.9 Å². The fraction of sp³-hybridized carbons (Fsp3) is 0.105. The zero-order chi connectivity index (χ0) is 31.9. The lowest BCUT2D eigenvalue weighted by Gasteiger charge is -2.17. The molecule has 0 fully saturated rings. The summed E-state index contributed by atoms with van der Waals surface area (Å²) in [5, 5.41) is 19.5. The molecular formula is C38H26O8. The van der Waals surface area contributed by atoms with Gasteiger partial charge in [-0.2, -0.15) is 0 Å². The number of fused-ring (bicyclic) bond motifs is 6. The highest BCUT2D eigenvalue weighted by Gasteiger charge is 2.33. The van der Waals surface area contributed by atoms with Crippen LogP contribution in [0.15, 0.2) is 109 Å². The van der Waals surface area contributed by atoms with Crippen molar-refractivity contribution in [2.24, 2.45) is 0 Å². The second-order valence-corrected chi connectivity index (χ2v) is 11.2. The normalized spacial score (nSPS) is 12.9. The molecule has 2 aliphatic carbocycles. The molecule has 0 amide bonds.